The summed E-state index contributed by atoms with van der Waals surface area (Å²) in [6, 6.07) is 41.3. The minimum atomic E-state index is -0.742. The van der Waals surface area contributed by atoms with Gasteiger partial charge >= 0.3 is 0 Å². The van der Waals surface area contributed by atoms with E-state index in [0.29, 0.717) is 39.6 Å². The van der Waals surface area contributed by atoms with Gasteiger partial charge in [-0.2, -0.15) is 0 Å². The van der Waals surface area contributed by atoms with Crippen molar-refractivity contribution in [1.29, 1.82) is 0 Å². The number of ether oxygens (including phenoxy) is 4. The van der Waals surface area contributed by atoms with Crippen LogP contribution in [0.4, 0.5) is 0 Å². The lowest BCUT2D eigenvalue weighted by atomic mass is 9.80. The molecule has 0 fully saturated rings. The minimum Gasteiger partial charge on any atom is -0.377 e. The standard InChI is InChI=1S/C33H36O4/c1-28(36-25-24-34-22-23-35-27-29-14-6-2-7-15-29)26-37-33(30-16-8-3-9-17-30,31-18-10-4-11-19-31)32-20-12-5-13-21-32/h2-21,28H,22-27H2,1H3/t28-/m0/s1. The van der Waals surface area contributed by atoms with Crippen LogP contribution < -0.4 is 0 Å². The predicted octanol–water partition coefficient (Wildman–Crippen LogP) is 6.63. The van der Waals surface area contributed by atoms with Crippen molar-refractivity contribution in [3.8, 4) is 0 Å². The Balaban J connectivity index is 1.31. The van der Waals surface area contributed by atoms with E-state index in [1.807, 2.05) is 43.3 Å². The van der Waals surface area contributed by atoms with Crippen LogP contribution in [-0.4, -0.2) is 39.1 Å². The third-order valence-electron chi connectivity index (χ3n) is 6.19. The summed E-state index contributed by atoms with van der Waals surface area (Å²) >= 11 is 0. The van der Waals surface area contributed by atoms with Gasteiger partial charge in [0.15, 0.2) is 0 Å². The molecule has 0 spiro atoms. The van der Waals surface area contributed by atoms with E-state index in [-0.39, 0.29) is 6.10 Å². The van der Waals surface area contributed by atoms with Crippen LogP contribution in [0.2, 0.25) is 0 Å². The summed E-state index contributed by atoms with van der Waals surface area (Å²) in [4.78, 5) is 0. The summed E-state index contributed by atoms with van der Waals surface area (Å²) in [5.41, 5.74) is 3.67. The van der Waals surface area contributed by atoms with Crippen molar-refractivity contribution >= 4 is 0 Å². The fourth-order valence-electron chi connectivity index (χ4n) is 4.35. The van der Waals surface area contributed by atoms with Crippen LogP contribution in [0.15, 0.2) is 121 Å². The van der Waals surface area contributed by atoms with Crippen LogP contribution in [-0.2, 0) is 31.2 Å². The molecule has 4 rings (SSSR count). The number of benzene rings is 4. The van der Waals surface area contributed by atoms with Crippen LogP contribution >= 0.6 is 0 Å². The second-order valence-corrected chi connectivity index (χ2v) is 8.92. The lowest BCUT2D eigenvalue weighted by Crippen LogP contribution is -2.36. The first-order chi connectivity index (χ1) is 18.3. The first kappa shape index (κ1) is 26.8. The lowest BCUT2D eigenvalue weighted by Gasteiger charge is -2.36. The normalized spacial score (nSPS) is 12.4. The highest BCUT2D eigenvalue weighted by molar-refractivity contribution is 5.47. The summed E-state index contributed by atoms with van der Waals surface area (Å²) in [5, 5.41) is 0. The molecule has 0 radical (unpaired) electrons. The summed E-state index contributed by atoms with van der Waals surface area (Å²) in [6.45, 7) is 5.18. The Labute approximate surface area is 220 Å². The molecule has 0 unspecified atom stereocenters. The molecule has 0 bridgehead atoms. The molecular weight excluding hydrogens is 460 g/mol. The maximum absolute atomic E-state index is 6.82. The Kier molecular flexibility index (Phi) is 10.5. The van der Waals surface area contributed by atoms with Gasteiger partial charge in [0.1, 0.15) is 5.60 Å². The molecule has 37 heavy (non-hydrogen) atoms. The van der Waals surface area contributed by atoms with E-state index in [1.54, 1.807) is 0 Å². The van der Waals surface area contributed by atoms with Gasteiger partial charge in [0.2, 0.25) is 0 Å². The van der Waals surface area contributed by atoms with E-state index in [0.717, 1.165) is 22.3 Å². The van der Waals surface area contributed by atoms with Crippen LogP contribution in [0.1, 0.15) is 29.2 Å². The first-order valence-corrected chi connectivity index (χ1v) is 12.9. The van der Waals surface area contributed by atoms with E-state index in [9.17, 15) is 0 Å². The van der Waals surface area contributed by atoms with Crippen LogP contribution in [0.5, 0.6) is 0 Å². The van der Waals surface area contributed by atoms with Gasteiger partial charge in [0, 0.05) is 0 Å². The fourth-order valence-corrected chi connectivity index (χ4v) is 4.35. The lowest BCUT2D eigenvalue weighted by molar-refractivity contribution is -0.0706. The van der Waals surface area contributed by atoms with E-state index in [1.165, 1.54) is 0 Å². The fraction of sp³-hybridized carbons (Fsp3) is 0.273. The van der Waals surface area contributed by atoms with Gasteiger partial charge in [-0.3, -0.25) is 0 Å². The van der Waals surface area contributed by atoms with Gasteiger partial charge in [0.25, 0.3) is 0 Å². The van der Waals surface area contributed by atoms with Gasteiger partial charge in [0.05, 0.1) is 45.7 Å². The molecule has 0 aromatic heterocycles. The quantitative estimate of drug-likeness (QED) is 0.137. The van der Waals surface area contributed by atoms with E-state index < -0.39 is 5.60 Å². The van der Waals surface area contributed by atoms with Gasteiger partial charge in [-0.05, 0) is 29.2 Å². The van der Waals surface area contributed by atoms with Crippen molar-refractivity contribution in [1.82, 2.24) is 0 Å². The Morgan fingerprint density at radius 3 is 1.49 bits per heavy atom. The van der Waals surface area contributed by atoms with Crippen molar-refractivity contribution in [2.24, 2.45) is 0 Å². The topological polar surface area (TPSA) is 36.9 Å². The van der Waals surface area contributed by atoms with Gasteiger partial charge < -0.3 is 18.9 Å². The summed E-state index contributed by atoms with van der Waals surface area (Å²) in [6.07, 6.45) is -0.103. The van der Waals surface area contributed by atoms with E-state index in [2.05, 4.69) is 84.9 Å². The highest BCUT2D eigenvalue weighted by Crippen LogP contribution is 2.40. The molecule has 1 atom stereocenters. The molecule has 4 aromatic rings. The van der Waals surface area contributed by atoms with Crippen molar-refractivity contribution in [3.05, 3.63) is 144 Å². The highest BCUT2D eigenvalue weighted by atomic mass is 16.6. The average Bonchev–Trinajstić information content (AvgIpc) is 2.97. The van der Waals surface area contributed by atoms with Gasteiger partial charge in [-0.25, -0.2) is 0 Å². The molecule has 0 amide bonds. The Hall–Kier alpha value is -3.28. The molecule has 192 valence electrons. The Morgan fingerprint density at radius 1 is 0.541 bits per heavy atom. The van der Waals surface area contributed by atoms with Gasteiger partial charge in [-0.15, -0.1) is 0 Å². The van der Waals surface area contributed by atoms with Crippen LogP contribution in [0.3, 0.4) is 0 Å². The molecule has 0 aliphatic carbocycles. The minimum absolute atomic E-state index is 0.103. The van der Waals surface area contributed by atoms with Crippen molar-refractivity contribution < 1.29 is 18.9 Å². The molecule has 0 aliphatic rings. The van der Waals surface area contributed by atoms with Crippen LogP contribution in [0.25, 0.3) is 0 Å². The largest absolute Gasteiger partial charge is 0.377 e. The second-order valence-electron chi connectivity index (χ2n) is 8.92. The molecular formula is C33H36O4. The number of rotatable bonds is 15. The Morgan fingerprint density at radius 2 is 0.973 bits per heavy atom. The maximum Gasteiger partial charge on any atom is 0.143 e. The van der Waals surface area contributed by atoms with E-state index >= 15 is 0 Å². The summed E-state index contributed by atoms with van der Waals surface area (Å²) in [7, 11) is 0. The third kappa shape index (κ3) is 7.61. The molecule has 0 saturated carbocycles. The molecule has 0 saturated heterocycles. The summed E-state index contributed by atoms with van der Waals surface area (Å²) < 4.78 is 24.2. The second kappa shape index (κ2) is 14.5. The molecule has 4 aromatic carbocycles. The van der Waals surface area contributed by atoms with E-state index in [4.69, 9.17) is 18.9 Å². The molecule has 4 heteroatoms. The van der Waals surface area contributed by atoms with Crippen molar-refractivity contribution in [2.45, 2.75) is 25.2 Å². The van der Waals surface area contributed by atoms with Crippen molar-refractivity contribution in [3.63, 3.8) is 0 Å². The number of hydrogen-bond donors (Lipinski definition) is 0. The van der Waals surface area contributed by atoms with Gasteiger partial charge in [-0.1, -0.05) is 121 Å². The smallest absolute Gasteiger partial charge is 0.143 e. The molecule has 0 heterocycles. The highest BCUT2D eigenvalue weighted by Gasteiger charge is 2.37. The first-order valence-electron chi connectivity index (χ1n) is 12.9. The van der Waals surface area contributed by atoms with Crippen LogP contribution in [0, 0.1) is 0 Å². The van der Waals surface area contributed by atoms with Crippen molar-refractivity contribution in [2.75, 3.05) is 33.0 Å². The predicted molar refractivity (Wildman–Crippen MR) is 147 cm³/mol. The summed E-state index contributed by atoms with van der Waals surface area (Å²) in [5.74, 6) is 0. The molecule has 4 nitrogen and oxygen atoms in total. The number of hydrogen-bond acceptors (Lipinski definition) is 4. The zero-order valence-corrected chi connectivity index (χ0v) is 21.5. The maximum atomic E-state index is 6.82. The zero-order chi connectivity index (χ0) is 25.6. The third-order valence-corrected chi connectivity index (χ3v) is 6.19. The SMILES string of the molecule is C[C@@H](COC(c1ccccc1)(c1ccccc1)c1ccccc1)OCCOCCOCc1ccccc1. The average molecular weight is 497 g/mol. The molecule has 0 N–H and O–H groups in total. The Bertz CT molecular complexity index is 1040. The molecule has 0 aliphatic heterocycles. The monoisotopic (exact) mass is 496 g/mol. The zero-order valence-electron chi connectivity index (χ0n) is 21.5.